The van der Waals surface area contributed by atoms with Gasteiger partial charge in [0.25, 0.3) is 5.91 Å². The first-order valence-electron chi connectivity index (χ1n) is 9.00. The fraction of sp³-hybridized carbons (Fsp3) is 0.333. The van der Waals surface area contributed by atoms with Crippen molar-refractivity contribution in [2.75, 3.05) is 27.3 Å². The van der Waals surface area contributed by atoms with Crippen LogP contribution >= 0.6 is 0 Å². The highest BCUT2D eigenvalue weighted by atomic mass is 19.1. The van der Waals surface area contributed by atoms with Crippen LogP contribution in [0.3, 0.4) is 0 Å². The quantitative estimate of drug-likeness (QED) is 0.731. The Morgan fingerprint density at radius 1 is 1.00 bits per heavy atom. The van der Waals surface area contributed by atoms with E-state index >= 15 is 0 Å². The molecule has 0 aliphatic heterocycles. The molecule has 0 aromatic heterocycles. The molecule has 0 saturated heterocycles. The predicted molar refractivity (Wildman–Crippen MR) is 102 cm³/mol. The SMILES string of the molecule is COc1ccc(C(=O)NCC(=O)NCC2(c3ccc(F)cc3)CC2)cc1OC. The number of hydrogen-bond acceptors (Lipinski definition) is 4. The summed E-state index contributed by atoms with van der Waals surface area (Å²) in [5.41, 5.74) is 1.26. The van der Waals surface area contributed by atoms with E-state index in [1.165, 1.54) is 26.4 Å². The predicted octanol–water partition coefficient (Wildman–Crippen LogP) is 2.42. The van der Waals surface area contributed by atoms with Gasteiger partial charge in [-0.25, -0.2) is 4.39 Å². The first kappa shape index (κ1) is 19.7. The van der Waals surface area contributed by atoms with E-state index in [2.05, 4.69) is 10.6 Å². The maximum absolute atomic E-state index is 13.1. The van der Waals surface area contributed by atoms with Crippen molar-refractivity contribution >= 4 is 11.8 Å². The van der Waals surface area contributed by atoms with Crippen molar-refractivity contribution in [3.8, 4) is 11.5 Å². The molecule has 1 fully saturated rings. The second-order valence-corrected chi connectivity index (χ2v) is 6.82. The van der Waals surface area contributed by atoms with Crippen LogP contribution in [0.25, 0.3) is 0 Å². The number of amides is 2. The van der Waals surface area contributed by atoms with Crippen molar-refractivity contribution in [1.82, 2.24) is 10.6 Å². The molecule has 0 bridgehead atoms. The van der Waals surface area contributed by atoms with Crippen LogP contribution in [0.4, 0.5) is 4.39 Å². The molecule has 1 aliphatic carbocycles. The monoisotopic (exact) mass is 386 g/mol. The number of carbonyl (C=O) groups is 2. The van der Waals surface area contributed by atoms with E-state index in [0.717, 1.165) is 18.4 Å². The molecule has 2 aromatic carbocycles. The number of benzene rings is 2. The third-order valence-corrected chi connectivity index (χ3v) is 4.99. The second-order valence-electron chi connectivity index (χ2n) is 6.82. The van der Waals surface area contributed by atoms with Gasteiger partial charge in [-0.15, -0.1) is 0 Å². The van der Waals surface area contributed by atoms with Crippen molar-refractivity contribution < 1.29 is 23.5 Å². The number of ether oxygens (including phenoxy) is 2. The van der Waals surface area contributed by atoms with Crippen LogP contribution in [0.15, 0.2) is 42.5 Å². The zero-order valence-corrected chi connectivity index (χ0v) is 15.9. The number of methoxy groups -OCH3 is 2. The lowest BCUT2D eigenvalue weighted by atomic mass is 9.96. The summed E-state index contributed by atoms with van der Waals surface area (Å²) in [6.07, 6.45) is 1.88. The molecule has 1 aliphatic rings. The van der Waals surface area contributed by atoms with Gasteiger partial charge in [-0.05, 0) is 48.7 Å². The van der Waals surface area contributed by atoms with Crippen LogP contribution in [0.1, 0.15) is 28.8 Å². The molecule has 7 heteroatoms. The van der Waals surface area contributed by atoms with E-state index < -0.39 is 0 Å². The molecule has 28 heavy (non-hydrogen) atoms. The summed E-state index contributed by atoms with van der Waals surface area (Å²) in [6, 6.07) is 11.2. The first-order chi connectivity index (χ1) is 13.5. The third kappa shape index (κ3) is 4.42. The average Bonchev–Trinajstić information content (AvgIpc) is 3.51. The Morgan fingerprint density at radius 2 is 1.68 bits per heavy atom. The Hall–Kier alpha value is -3.09. The van der Waals surface area contributed by atoms with E-state index in [1.807, 2.05) is 0 Å². The Kier molecular flexibility index (Phi) is 5.82. The molecular weight excluding hydrogens is 363 g/mol. The molecule has 0 atom stereocenters. The lowest BCUT2D eigenvalue weighted by molar-refractivity contribution is -0.120. The van der Waals surface area contributed by atoms with Crippen LogP contribution in [-0.2, 0) is 10.2 Å². The highest BCUT2D eigenvalue weighted by Crippen LogP contribution is 2.47. The first-order valence-corrected chi connectivity index (χ1v) is 9.00. The van der Waals surface area contributed by atoms with Gasteiger partial charge in [0.1, 0.15) is 5.82 Å². The third-order valence-electron chi connectivity index (χ3n) is 4.99. The van der Waals surface area contributed by atoms with E-state index in [9.17, 15) is 14.0 Å². The van der Waals surface area contributed by atoms with Crippen LogP contribution < -0.4 is 20.1 Å². The summed E-state index contributed by atoms with van der Waals surface area (Å²) < 4.78 is 23.4. The minimum absolute atomic E-state index is 0.128. The smallest absolute Gasteiger partial charge is 0.251 e. The molecular formula is C21H23FN2O4. The highest BCUT2D eigenvalue weighted by Gasteiger charge is 2.44. The maximum atomic E-state index is 13.1. The van der Waals surface area contributed by atoms with E-state index in [1.54, 1.807) is 30.3 Å². The molecule has 148 valence electrons. The molecule has 0 unspecified atom stereocenters. The number of carbonyl (C=O) groups excluding carboxylic acids is 2. The normalized spacial score (nSPS) is 14.1. The fourth-order valence-electron chi connectivity index (χ4n) is 3.09. The molecule has 0 radical (unpaired) electrons. The standard InChI is InChI=1S/C21H23FN2O4/c1-27-17-8-3-14(11-18(17)28-2)20(26)23-12-19(25)24-13-21(9-10-21)15-4-6-16(22)7-5-15/h3-8,11H,9-10,12-13H2,1-2H3,(H,23,26)(H,24,25). The van der Waals surface area contributed by atoms with Gasteiger partial charge in [0.05, 0.1) is 20.8 Å². The van der Waals surface area contributed by atoms with Crippen molar-refractivity contribution in [3.05, 3.63) is 59.4 Å². The average molecular weight is 386 g/mol. The van der Waals surface area contributed by atoms with Gasteiger partial charge >= 0.3 is 0 Å². The van der Waals surface area contributed by atoms with Gasteiger partial charge in [0.15, 0.2) is 11.5 Å². The Bertz CT molecular complexity index is 863. The van der Waals surface area contributed by atoms with Gasteiger partial charge in [-0.2, -0.15) is 0 Å². The topological polar surface area (TPSA) is 76.7 Å². The van der Waals surface area contributed by atoms with E-state index in [-0.39, 0.29) is 29.6 Å². The Balaban J connectivity index is 1.50. The molecule has 0 heterocycles. The lowest BCUT2D eigenvalue weighted by Crippen LogP contribution is -2.40. The van der Waals surface area contributed by atoms with Crippen molar-refractivity contribution in [2.45, 2.75) is 18.3 Å². The summed E-state index contributed by atoms with van der Waals surface area (Å²) in [5, 5.41) is 5.45. The summed E-state index contributed by atoms with van der Waals surface area (Å²) in [7, 11) is 3.00. The molecule has 2 aromatic rings. The highest BCUT2D eigenvalue weighted by molar-refractivity contribution is 5.97. The molecule has 2 amide bonds. The molecule has 3 rings (SSSR count). The van der Waals surface area contributed by atoms with Gasteiger partial charge in [0, 0.05) is 17.5 Å². The van der Waals surface area contributed by atoms with Crippen LogP contribution in [0.5, 0.6) is 11.5 Å². The van der Waals surface area contributed by atoms with Crippen LogP contribution in [-0.4, -0.2) is 39.1 Å². The van der Waals surface area contributed by atoms with Gasteiger partial charge in [0.2, 0.25) is 5.91 Å². The van der Waals surface area contributed by atoms with Crippen molar-refractivity contribution in [3.63, 3.8) is 0 Å². The van der Waals surface area contributed by atoms with Gasteiger partial charge in [-0.1, -0.05) is 12.1 Å². The second kappa shape index (κ2) is 8.29. The number of halogens is 1. The van der Waals surface area contributed by atoms with Crippen molar-refractivity contribution in [1.29, 1.82) is 0 Å². The van der Waals surface area contributed by atoms with Crippen LogP contribution in [0, 0.1) is 5.82 Å². The molecule has 6 nitrogen and oxygen atoms in total. The zero-order chi connectivity index (χ0) is 20.1. The zero-order valence-electron chi connectivity index (χ0n) is 15.9. The van der Waals surface area contributed by atoms with Crippen LogP contribution in [0.2, 0.25) is 0 Å². The number of hydrogen-bond donors (Lipinski definition) is 2. The molecule has 2 N–H and O–H groups in total. The lowest BCUT2D eigenvalue weighted by Gasteiger charge is -2.17. The number of rotatable bonds is 8. The molecule has 0 spiro atoms. The minimum atomic E-state index is -0.379. The van der Waals surface area contributed by atoms with E-state index in [4.69, 9.17) is 9.47 Å². The summed E-state index contributed by atoms with van der Waals surface area (Å²) in [6.45, 7) is 0.330. The van der Waals surface area contributed by atoms with E-state index in [0.29, 0.717) is 23.6 Å². The minimum Gasteiger partial charge on any atom is -0.493 e. The molecule has 1 saturated carbocycles. The maximum Gasteiger partial charge on any atom is 0.251 e. The van der Waals surface area contributed by atoms with Crippen molar-refractivity contribution in [2.24, 2.45) is 0 Å². The fourth-order valence-corrected chi connectivity index (χ4v) is 3.09. The summed E-state index contributed by atoms with van der Waals surface area (Å²) >= 11 is 0. The summed E-state index contributed by atoms with van der Waals surface area (Å²) in [4.78, 5) is 24.4. The van der Waals surface area contributed by atoms with Gasteiger partial charge in [-0.3, -0.25) is 9.59 Å². The Labute approximate surface area is 163 Å². The Morgan fingerprint density at radius 3 is 2.29 bits per heavy atom. The van der Waals surface area contributed by atoms with Gasteiger partial charge < -0.3 is 20.1 Å². The summed E-state index contributed by atoms with van der Waals surface area (Å²) in [5.74, 6) is 0.0290. The largest absolute Gasteiger partial charge is 0.493 e. The number of nitrogens with one attached hydrogen (secondary N) is 2.